The quantitative estimate of drug-likeness (QED) is 0.569. The summed E-state index contributed by atoms with van der Waals surface area (Å²) in [6, 6.07) is 0. The first kappa shape index (κ1) is 6.40. The molecule has 1 aliphatic rings. The van der Waals surface area contributed by atoms with E-state index in [1.54, 1.807) is 6.08 Å². The number of hydrogen-bond acceptors (Lipinski definition) is 1. The van der Waals surface area contributed by atoms with E-state index in [-0.39, 0.29) is 0 Å². The van der Waals surface area contributed by atoms with Crippen LogP contribution in [0.1, 0.15) is 19.8 Å². The summed E-state index contributed by atoms with van der Waals surface area (Å²) in [5.41, 5.74) is 0. The predicted octanol–water partition coefficient (Wildman–Crippen LogP) is 2.41. The predicted molar refractivity (Wildman–Crippen MR) is 38.2 cm³/mol. The molecule has 9 heavy (non-hydrogen) atoms. The van der Waals surface area contributed by atoms with Crippen LogP contribution in [0.3, 0.4) is 0 Å². The van der Waals surface area contributed by atoms with Gasteiger partial charge in [0.05, 0.1) is 0 Å². The molecule has 1 rings (SSSR count). The fourth-order valence-electron chi connectivity index (χ4n) is 0.956. The van der Waals surface area contributed by atoms with Gasteiger partial charge in [0.2, 0.25) is 0 Å². The van der Waals surface area contributed by atoms with Crippen LogP contribution in [0.2, 0.25) is 0 Å². The van der Waals surface area contributed by atoms with Gasteiger partial charge in [-0.15, -0.1) is 0 Å². The Kier molecular flexibility index (Phi) is 1.93. The fourth-order valence-corrected chi connectivity index (χ4v) is 0.956. The van der Waals surface area contributed by atoms with Crippen molar-refractivity contribution in [1.29, 1.82) is 0 Å². The summed E-state index contributed by atoms with van der Waals surface area (Å²) in [6.45, 7) is 2.16. The van der Waals surface area contributed by atoms with Crippen molar-refractivity contribution >= 4 is 0 Å². The Morgan fingerprint density at radius 1 is 1.78 bits per heavy atom. The highest BCUT2D eigenvalue weighted by Crippen LogP contribution is 2.16. The van der Waals surface area contributed by atoms with Gasteiger partial charge in [-0.2, -0.15) is 0 Å². The number of hydrogen-bond donors (Lipinski definition) is 1. The summed E-state index contributed by atoms with van der Waals surface area (Å²) in [7, 11) is 0. The van der Waals surface area contributed by atoms with Gasteiger partial charge in [0, 0.05) is 0 Å². The van der Waals surface area contributed by atoms with Crippen LogP contribution in [0.5, 0.6) is 0 Å². The second-order valence-electron chi connectivity index (χ2n) is 2.39. The van der Waals surface area contributed by atoms with Gasteiger partial charge in [-0.3, -0.25) is 0 Å². The Hall–Kier alpha value is -0.720. The van der Waals surface area contributed by atoms with Crippen LogP contribution in [-0.4, -0.2) is 5.11 Å². The van der Waals surface area contributed by atoms with E-state index in [2.05, 4.69) is 13.0 Å². The summed E-state index contributed by atoms with van der Waals surface area (Å²) in [5, 5.41) is 8.90. The number of aliphatic hydroxyl groups excluding tert-OH is 1. The molecule has 1 aliphatic carbocycles. The molecule has 0 aromatic heterocycles. The zero-order chi connectivity index (χ0) is 6.69. The van der Waals surface area contributed by atoms with Gasteiger partial charge < -0.3 is 5.11 Å². The van der Waals surface area contributed by atoms with Crippen LogP contribution in [0, 0.1) is 5.92 Å². The first-order valence-corrected chi connectivity index (χ1v) is 3.40. The first-order valence-electron chi connectivity index (χ1n) is 3.40. The molecule has 0 saturated heterocycles. The zero-order valence-electron chi connectivity index (χ0n) is 5.67. The highest BCUT2D eigenvalue weighted by molar-refractivity contribution is 5.16. The van der Waals surface area contributed by atoms with Gasteiger partial charge in [0.25, 0.3) is 0 Å². The lowest BCUT2D eigenvalue weighted by Gasteiger charge is -2.09. The summed E-state index contributed by atoms with van der Waals surface area (Å²) >= 11 is 0. The monoisotopic (exact) mass is 124 g/mol. The number of rotatable bonds is 1. The zero-order valence-corrected chi connectivity index (χ0v) is 5.67. The van der Waals surface area contributed by atoms with Gasteiger partial charge >= 0.3 is 0 Å². The molecule has 1 N–H and O–H groups in total. The molecule has 0 aromatic carbocycles. The molecule has 1 heteroatoms. The van der Waals surface area contributed by atoms with Gasteiger partial charge in [-0.05, 0) is 30.9 Å². The molecule has 0 aliphatic heterocycles. The fraction of sp³-hybridized carbons (Fsp3) is 0.500. The van der Waals surface area contributed by atoms with Crippen molar-refractivity contribution < 1.29 is 5.11 Å². The second kappa shape index (κ2) is 2.72. The molecule has 0 fully saturated rings. The summed E-state index contributed by atoms with van der Waals surface area (Å²) in [5.74, 6) is 1.07. The van der Waals surface area contributed by atoms with Crippen LogP contribution in [0.15, 0.2) is 24.0 Å². The molecule has 0 saturated carbocycles. The number of allylic oxidation sites excluding steroid dienone is 3. The van der Waals surface area contributed by atoms with E-state index in [0.29, 0.717) is 11.7 Å². The van der Waals surface area contributed by atoms with Gasteiger partial charge in [0.1, 0.15) is 5.76 Å². The molecular formula is C8H12O. The third-order valence-corrected chi connectivity index (χ3v) is 1.69. The molecule has 0 spiro atoms. The molecule has 1 nitrogen and oxygen atoms in total. The maximum absolute atomic E-state index is 8.90. The highest BCUT2D eigenvalue weighted by atomic mass is 16.3. The Morgan fingerprint density at radius 2 is 2.56 bits per heavy atom. The summed E-state index contributed by atoms with van der Waals surface area (Å²) in [4.78, 5) is 0. The molecule has 50 valence electrons. The normalized spacial score (nSPS) is 25.9. The van der Waals surface area contributed by atoms with E-state index in [0.717, 1.165) is 6.42 Å². The lowest BCUT2D eigenvalue weighted by Crippen LogP contribution is -1.96. The van der Waals surface area contributed by atoms with Crippen LogP contribution in [0.4, 0.5) is 0 Å². The van der Waals surface area contributed by atoms with Crippen LogP contribution in [0.25, 0.3) is 0 Å². The molecule has 0 heterocycles. The minimum absolute atomic E-state index is 0.416. The van der Waals surface area contributed by atoms with Gasteiger partial charge in [0.15, 0.2) is 0 Å². The third kappa shape index (κ3) is 1.60. The SMILES string of the molecule is CC[C@H]1C=CC(O)=CC1. The van der Waals surface area contributed by atoms with Gasteiger partial charge in [-0.1, -0.05) is 13.0 Å². The van der Waals surface area contributed by atoms with Crippen molar-refractivity contribution in [2.75, 3.05) is 0 Å². The standard InChI is InChI=1S/C8H12O/c1-2-7-3-5-8(9)6-4-7/h3,5-7,9H,2,4H2,1H3/t7-/m0/s1. The average Bonchev–Trinajstić information content (AvgIpc) is 1.90. The Balaban J connectivity index is 2.48. The summed E-state index contributed by atoms with van der Waals surface area (Å²) < 4.78 is 0. The van der Waals surface area contributed by atoms with Crippen molar-refractivity contribution in [2.24, 2.45) is 5.92 Å². The molecular weight excluding hydrogens is 112 g/mol. The van der Waals surface area contributed by atoms with Crippen molar-refractivity contribution in [3.63, 3.8) is 0 Å². The maximum atomic E-state index is 8.90. The Labute approximate surface area is 55.7 Å². The molecule has 0 radical (unpaired) electrons. The van der Waals surface area contributed by atoms with Crippen molar-refractivity contribution in [2.45, 2.75) is 19.8 Å². The first-order chi connectivity index (χ1) is 4.33. The van der Waals surface area contributed by atoms with Crippen LogP contribution in [-0.2, 0) is 0 Å². The van der Waals surface area contributed by atoms with Crippen LogP contribution < -0.4 is 0 Å². The second-order valence-corrected chi connectivity index (χ2v) is 2.39. The smallest absolute Gasteiger partial charge is 0.111 e. The molecule has 0 aromatic rings. The van der Waals surface area contributed by atoms with E-state index < -0.39 is 0 Å². The lowest BCUT2D eigenvalue weighted by molar-refractivity contribution is 0.420. The van der Waals surface area contributed by atoms with E-state index >= 15 is 0 Å². The highest BCUT2D eigenvalue weighted by Gasteiger charge is 2.03. The molecule has 0 unspecified atom stereocenters. The van der Waals surface area contributed by atoms with Crippen molar-refractivity contribution in [3.05, 3.63) is 24.0 Å². The third-order valence-electron chi connectivity index (χ3n) is 1.69. The number of aliphatic hydroxyl groups is 1. The molecule has 1 atom stereocenters. The molecule has 0 amide bonds. The molecule has 0 bridgehead atoms. The lowest BCUT2D eigenvalue weighted by atomic mass is 9.98. The van der Waals surface area contributed by atoms with E-state index in [9.17, 15) is 0 Å². The van der Waals surface area contributed by atoms with E-state index in [4.69, 9.17) is 5.11 Å². The largest absolute Gasteiger partial charge is 0.508 e. The minimum atomic E-state index is 0.416. The average molecular weight is 124 g/mol. The van der Waals surface area contributed by atoms with Crippen LogP contribution >= 0.6 is 0 Å². The topological polar surface area (TPSA) is 20.2 Å². The Morgan fingerprint density at radius 3 is 3.00 bits per heavy atom. The Bertz CT molecular complexity index is 145. The van der Waals surface area contributed by atoms with E-state index in [1.165, 1.54) is 6.42 Å². The van der Waals surface area contributed by atoms with Crippen molar-refractivity contribution in [3.8, 4) is 0 Å². The van der Waals surface area contributed by atoms with Gasteiger partial charge in [-0.25, -0.2) is 0 Å². The van der Waals surface area contributed by atoms with Crippen molar-refractivity contribution in [1.82, 2.24) is 0 Å². The summed E-state index contributed by atoms with van der Waals surface area (Å²) in [6.07, 6.45) is 7.88. The minimum Gasteiger partial charge on any atom is -0.508 e. The van der Waals surface area contributed by atoms with E-state index in [1.807, 2.05) is 6.08 Å². The maximum Gasteiger partial charge on any atom is 0.111 e.